The van der Waals surface area contributed by atoms with Crippen LogP contribution in [0.5, 0.6) is 5.75 Å². The number of nitrogens with zero attached hydrogens (tertiary/aromatic N) is 1. The molecular weight excluding hydrogens is 345 g/mol. The second-order valence-corrected chi connectivity index (χ2v) is 7.49. The summed E-state index contributed by atoms with van der Waals surface area (Å²) in [5.41, 5.74) is 1.17. The van der Waals surface area contributed by atoms with Crippen LogP contribution in [0.2, 0.25) is 0 Å². The molecule has 1 aliphatic heterocycles. The van der Waals surface area contributed by atoms with Gasteiger partial charge in [-0.25, -0.2) is 4.39 Å². The monoisotopic (exact) mass is 371 g/mol. The van der Waals surface area contributed by atoms with E-state index in [1.54, 1.807) is 25.3 Å². The molecule has 5 heteroatoms. The molecule has 27 heavy (non-hydrogen) atoms. The Morgan fingerprint density at radius 2 is 1.93 bits per heavy atom. The summed E-state index contributed by atoms with van der Waals surface area (Å²) in [6, 6.07) is 14.3. The first kappa shape index (κ1) is 19.4. The third kappa shape index (κ3) is 4.48. The number of morpholine rings is 1. The molecule has 0 bridgehead atoms. The SMILES string of the molecule is COc1ccc(CCC(=O)N2CC(c3ccccc3F)OCC2(C)C)cc1. The topological polar surface area (TPSA) is 38.8 Å². The van der Waals surface area contributed by atoms with Crippen molar-refractivity contribution < 1.29 is 18.7 Å². The molecule has 2 aromatic rings. The molecule has 1 saturated heterocycles. The van der Waals surface area contributed by atoms with Crippen LogP contribution in [0, 0.1) is 5.82 Å². The van der Waals surface area contributed by atoms with Crippen LogP contribution in [0.25, 0.3) is 0 Å². The van der Waals surface area contributed by atoms with Crippen molar-refractivity contribution in [2.45, 2.75) is 38.3 Å². The minimum atomic E-state index is -0.441. The van der Waals surface area contributed by atoms with Crippen molar-refractivity contribution in [3.05, 3.63) is 65.5 Å². The number of hydrogen-bond acceptors (Lipinski definition) is 3. The van der Waals surface area contributed by atoms with Crippen LogP contribution in [0.3, 0.4) is 0 Å². The molecule has 3 rings (SSSR count). The Hall–Kier alpha value is -2.40. The van der Waals surface area contributed by atoms with Crippen LogP contribution >= 0.6 is 0 Å². The van der Waals surface area contributed by atoms with Gasteiger partial charge in [-0.2, -0.15) is 0 Å². The van der Waals surface area contributed by atoms with Crippen molar-refractivity contribution in [2.24, 2.45) is 0 Å². The minimum Gasteiger partial charge on any atom is -0.497 e. The van der Waals surface area contributed by atoms with Crippen LogP contribution in [0.1, 0.15) is 37.5 Å². The van der Waals surface area contributed by atoms with Gasteiger partial charge in [0.15, 0.2) is 0 Å². The summed E-state index contributed by atoms with van der Waals surface area (Å²) in [5, 5.41) is 0. The first-order valence-electron chi connectivity index (χ1n) is 9.20. The summed E-state index contributed by atoms with van der Waals surface area (Å²) in [4.78, 5) is 14.8. The Labute approximate surface area is 159 Å². The number of benzene rings is 2. The highest BCUT2D eigenvalue weighted by atomic mass is 19.1. The molecule has 1 amide bonds. The van der Waals surface area contributed by atoms with Gasteiger partial charge in [-0.05, 0) is 44.0 Å². The fourth-order valence-corrected chi connectivity index (χ4v) is 3.39. The normalized spacial score (nSPS) is 19.0. The number of hydrogen-bond donors (Lipinski definition) is 0. The Morgan fingerprint density at radius 3 is 2.59 bits per heavy atom. The van der Waals surface area contributed by atoms with Crippen molar-refractivity contribution in [1.82, 2.24) is 4.90 Å². The maximum absolute atomic E-state index is 14.1. The van der Waals surface area contributed by atoms with E-state index < -0.39 is 11.6 Å². The van der Waals surface area contributed by atoms with E-state index in [1.807, 2.05) is 43.0 Å². The van der Waals surface area contributed by atoms with Gasteiger partial charge in [-0.3, -0.25) is 4.79 Å². The Balaban J connectivity index is 1.68. The lowest BCUT2D eigenvalue weighted by Crippen LogP contribution is -2.56. The second kappa shape index (κ2) is 8.09. The molecule has 0 N–H and O–H groups in total. The summed E-state index contributed by atoms with van der Waals surface area (Å²) in [6.07, 6.45) is 0.615. The summed E-state index contributed by atoms with van der Waals surface area (Å²) in [5.74, 6) is 0.556. The highest BCUT2D eigenvalue weighted by Crippen LogP contribution is 2.32. The molecule has 1 unspecified atom stereocenters. The minimum absolute atomic E-state index is 0.0560. The first-order valence-corrected chi connectivity index (χ1v) is 9.20. The van der Waals surface area contributed by atoms with Gasteiger partial charge >= 0.3 is 0 Å². The van der Waals surface area contributed by atoms with E-state index in [2.05, 4.69) is 0 Å². The Bertz CT molecular complexity index is 788. The van der Waals surface area contributed by atoms with Gasteiger partial charge in [0.25, 0.3) is 0 Å². The summed E-state index contributed by atoms with van der Waals surface area (Å²) < 4.78 is 25.2. The summed E-state index contributed by atoms with van der Waals surface area (Å²) >= 11 is 0. The van der Waals surface area contributed by atoms with E-state index in [4.69, 9.17) is 9.47 Å². The lowest BCUT2D eigenvalue weighted by atomic mass is 9.96. The molecule has 4 nitrogen and oxygen atoms in total. The third-order valence-corrected chi connectivity index (χ3v) is 5.06. The second-order valence-electron chi connectivity index (χ2n) is 7.49. The van der Waals surface area contributed by atoms with Gasteiger partial charge in [0.2, 0.25) is 5.91 Å². The number of carbonyl (C=O) groups is 1. The zero-order valence-corrected chi connectivity index (χ0v) is 16.1. The average Bonchev–Trinajstić information content (AvgIpc) is 2.67. The fourth-order valence-electron chi connectivity index (χ4n) is 3.39. The summed E-state index contributed by atoms with van der Waals surface area (Å²) in [6.45, 7) is 4.70. The van der Waals surface area contributed by atoms with E-state index in [-0.39, 0.29) is 11.7 Å². The van der Waals surface area contributed by atoms with E-state index in [1.165, 1.54) is 6.07 Å². The van der Waals surface area contributed by atoms with Crippen LogP contribution in [0.15, 0.2) is 48.5 Å². The van der Waals surface area contributed by atoms with Crippen molar-refractivity contribution in [3.63, 3.8) is 0 Å². The van der Waals surface area contributed by atoms with Crippen molar-refractivity contribution in [2.75, 3.05) is 20.3 Å². The van der Waals surface area contributed by atoms with Gasteiger partial charge in [0.1, 0.15) is 17.7 Å². The number of halogens is 1. The van der Waals surface area contributed by atoms with E-state index in [9.17, 15) is 9.18 Å². The van der Waals surface area contributed by atoms with Crippen LogP contribution in [-0.4, -0.2) is 36.6 Å². The van der Waals surface area contributed by atoms with E-state index >= 15 is 0 Å². The molecule has 1 heterocycles. The lowest BCUT2D eigenvalue weighted by molar-refractivity contribution is -0.155. The fraction of sp³-hybridized carbons (Fsp3) is 0.409. The quantitative estimate of drug-likeness (QED) is 0.793. The highest BCUT2D eigenvalue weighted by Gasteiger charge is 2.38. The average molecular weight is 371 g/mol. The maximum atomic E-state index is 14.1. The third-order valence-electron chi connectivity index (χ3n) is 5.06. The molecule has 144 valence electrons. The predicted molar refractivity (Wildman–Crippen MR) is 102 cm³/mol. The molecule has 0 radical (unpaired) electrons. The molecule has 1 aliphatic rings. The van der Waals surface area contributed by atoms with Gasteiger partial charge in [-0.15, -0.1) is 0 Å². The lowest BCUT2D eigenvalue weighted by Gasteiger charge is -2.45. The van der Waals surface area contributed by atoms with E-state index in [0.717, 1.165) is 11.3 Å². The molecule has 0 aliphatic carbocycles. The number of amides is 1. The van der Waals surface area contributed by atoms with Crippen molar-refractivity contribution >= 4 is 5.91 Å². The van der Waals surface area contributed by atoms with E-state index in [0.29, 0.717) is 31.6 Å². The number of rotatable bonds is 5. The zero-order chi connectivity index (χ0) is 19.4. The number of carbonyl (C=O) groups excluding carboxylic acids is 1. The van der Waals surface area contributed by atoms with Crippen LogP contribution in [-0.2, 0) is 16.0 Å². The van der Waals surface area contributed by atoms with Gasteiger partial charge in [-0.1, -0.05) is 30.3 Å². The van der Waals surface area contributed by atoms with Crippen LogP contribution < -0.4 is 4.74 Å². The van der Waals surface area contributed by atoms with Gasteiger partial charge in [0, 0.05) is 12.0 Å². The molecule has 0 saturated carbocycles. The molecule has 0 aromatic heterocycles. The van der Waals surface area contributed by atoms with Crippen LogP contribution in [0.4, 0.5) is 4.39 Å². The number of aryl methyl sites for hydroxylation is 1. The zero-order valence-electron chi connectivity index (χ0n) is 16.1. The largest absolute Gasteiger partial charge is 0.497 e. The first-order chi connectivity index (χ1) is 12.9. The molecule has 2 aromatic carbocycles. The molecule has 1 fully saturated rings. The highest BCUT2D eigenvalue weighted by molar-refractivity contribution is 5.77. The smallest absolute Gasteiger partial charge is 0.223 e. The number of methoxy groups -OCH3 is 1. The summed E-state index contributed by atoms with van der Waals surface area (Å²) in [7, 11) is 1.63. The molecular formula is C22H26FNO3. The van der Waals surface area contributed by atoms with Crippen molar-refractivity contribution in [3.8, 4) is 5.75 Å². The molecule has 1 atom stereocenters. The van der Waals surface area contributed by atoms with Gasteiger partial charge in [0.05, 0.1) is 25.8 Å². The predicted octanol–water partition coefficient (Wildman–Crippen LogP) is 4.15. The maximum Gasteiger partial charge on any atom is 0.223 e. The van der Waals surface area contributed by atoms with Crippen molar-refractivity contribution in [1.29, 1.82) is 0 Å². The Kier molecular flexibility index (Phi) is 5.80. The molecule has 0 spiro atoms. The van der Waals surface area contributed by atoms with Gasteiger partial charge < -0.3 is 14.4 Å². The number of ether oxygens (including phenoxy) is 2. The standard InChI is InChI=1S/C22H26FNO3/c1-22(2)15-27-20(18-6-4-5-7-19(18)23)14-24(22)21(25)13-10-16-8-11-17(26-3)12-9-16/h4-9,11-12,20H,10,13-15H2,1-3H3. The Morgan fingerprint density at radius 1 is 1.22 bits per heavy atom.